The Labute approximate surface area is 121 Å². The zero-order chi connectivity index (χ0) is 14.8. The van der Waals surface area contributed by atoms with Crippen molar-refractivity contribution >= 4 is 17.5 Å². The number of aromatic carboxylic acids is 1. The number of fused-ring (bicyclic) bond motifs is 1. The van der Waals surface area contributed by atoms with Crippen LogP contribution in [0.4, 0.5) is 11.5 Å². The van der Waals surface area contributed by atoms with Crippen molar-refractivity contribution in [1.29, 1.82) is 0 Å². The molecule has 1 aliphatic heterocycles. The molecule has 0 amide bonds. The standard InChI is InChI=1S/C15H14N2O4/c1-2-10-5-9(15(18)19)6-14(16-10)17-11-3-4-12-13(7-11)21-8-20-12/h3-7H,2,8H2,1H3,(H,16,17)(H,18,19). The van der Waals surface area contributed by atoms with E-state index in [0.29, 0.717) is 23.7 Å². The zero-order valence-electron chi connectivity index (χ0n) is 11.4. The van der Waals surface area contributed by atoms with Gasteiger partial charge in [-0.15, -0.1) is 0 Å². The van der Waals surface area contributed by atoms with E-state index in [9.17, 15) is 4.79 Å². The Hall–Kier alpha value is -2.76. The quantitative estimate of drug-likeness (QED) is 0.899. The van der Waals surface area contributed by atoms with Crippen LogP contribution in [0, 0.1) is 0 Å². The average Bonchev–Trinajstić information content (AvgIpc) is 2.94. The smallest absolute Gasteiger partial charge is 0.335 e. The normalized spacial score (nSPS) is 12.2. The van der Waals surface area contributed by atoms with E-state index in [0.717, 1.165) is 11.4 Å². The summed E-state index contributed by atoms with van der Waals surface area (Å²) >= 11 is 0. The molecule has 21 heavy (non-hydrogen) atoms. The minimum absolute atomic E-state index is 0.213. The molecule has 0 unspecified atom stereocenters. The first-order chi connectivity index (χ1) is 10.2. The lowest BCUT2D eigenvalue weighted by atomic mass is 10.2. The summed E-state index contributed by atoms with van der Waals surface area (Å²) in [5.74, 6) is 0.874. The van der Waals surface area contributed by atoms with Crippen LogP contribution < -0.4 is 14.8 Å². The fraction of sp³-hybridized carbons (Fsp3) is 0.200. The maximum Gasteiger partial charge on any atom is 0.335 e. The number of carbonyl (C=O) groups is 1. The summed E-state index contributed by atoms with van der Waals surface area (Å²) in [5, 5.41) is 12.2. The number of nitrogens with one attached hydrogen (secondary N) is 1. The van der Waals surface area contributed by atoms with Crippen LogP contribution in [0.1, 0.15) is 23.0 Å². The first-order valence-electron chi connectivity index (χ1n) is 6.56. The summed E-state index contributed by atoms with van der Waals surface area (Å²) in [6.07, 6.45) is 0.664. The molecule has 0 fully saturated rings. The van der Waals surface area contributed by atoms with E-state index in [1.807, 2.05) is 13.0 Å². The lowest BCUT2D eigenvalue weighted by Crippen LogP contribution is -2.03. The van der Waals surface area contributed by atoms with Gasteiger partial charge in [0.25, 0.3) is 0 Å². The average molecular weight is 286 g/mol. The highest BCUT2D eigenvalue weighted by Crippen LogP contribution is 2.35. The van der Waals surface area contributed by atoms with Crippen molar-refractivity contribution < 1.29 is 19.4 Å². The predicted octanol–water partition coefficient (Wildman–Crippen LogP) is 2.81. The number of anilines is 2. The third-order valence-electron chi connectivity index (χ3n) is 3.13. The summed E-state index contributed by atoms with van der Waals surface area (Å²) in [6.45, 7) is 2.14. The highest BCUT2D eigenvalue weighted by atomic mass is 16.7. The van der Waals surface area contributed by atoms with Crippen LogP contribution in [0.25, 0.3) is 0 Å². The molecular formula is C15H14N2O4. The molecule has 2 heterocycles. The van der Waals surface area contributed by atoms with Gasteiger partial charge in [-0.3, -0.25) is 0 Å². The fourth-order valence-corrected chi connectivity index (χ4v) is 2.08. The molecule has 2 N–H and O–H groups in total. The van der Waals surface area contributed by atoms with Gasteiger partial charge >= 0.3 is 5.97 Å². The molecule has 0 aliphatic carbocycles. The molecule has 0 bridgehead atoms. The third-order valence-corrected chi connectivity index (χ3v) is 3.13. The molecule has 0 spiro atoms. The predicted molar refractivity (Wildman–Crippen MR) is 76.4 cm³/mol. The summed E-state index contributed by atoms with van der Waals surface area (Å²) < 4.78 is 10.6. The van der Waals surface area contributed by atoms with Gasteiger partial charge in [0.15, 0.2) is 11.5 Å². The second-order valence-corrected chi connectivity index (χ2v) is 4.58. The van der Waals surface area contributed by atoms with Gasteiger partial charge in [-0.05, 0) is 30.7 Å². The lowest BCUT2D eigenvalue weighted by molar-refractivity contribution is 0.0696. The Kier molecular flexibility index (Phi) is 3.35. The van der Waals surface area contributed by atoms with Crippen molar-refractivity contribution in [3.05, 3.63) is 41.6 Å². The minimum atomic E-state index is -0.971. The lowest BCUT2D eigenvalue weighted by Gasteiger charge is -2.09. The number of nitrogens with zero attached hydrogens (tertiary/aromatic N) is 1. The summed E-state index contributed by atoms with van der Waals surface area (Å²) in [5.41, 5.74) is 1.69. The van der Waals surface area contributed by atoms with Crippen LogP contribution in [0.5, 0.6) is 11.5 Å². The molecule has 0 saturated heterocycles. The molecular weight excluding hydrogens is 272 g/mol. The molecule has 6 nitrogen and oxygen atoms in total. The first kappa shape index (κ1) is 13.2. The molecule has 1 aliphatic rings. The molecule has 0 saturated carbocycles. The summed E-state index contributed by atoms with van der Waals surface area (Å²) in [4.78, 5) is 15.5. The third kappa shape index (κ3) is 2.74. The van der Waals surface area contributed by atoms with Crippen molar-refractivity contribution in [2.24, 2.45) is 0 Å². The van der Waals surface area contributed by atoms with E-state index >= 15 is 0 Å². The Morgan fingerprint density at radius 1 is 1.29 bits per heavy atom. The van der Waals surface area contributed by atoms with Crippen molar-refractivity contribution in [1.82, 2.24) is 4.98 Å². The van der Waals surface area contributed by atoms with E-state index in [1.165, 1.54) is 6.07 Å². The van der Waals surface area contributed by atoms with Gasteiger partial charge in [-0.1, -0.05) is 6.92 Å². The Morgan fingerprint density at radius 3 is 2.86 bits per heavy atom. The monoisotopic (exact) mass is 286 g/mol. The van der Waals surface area contributed by atoms with Crippen LogP contribution >= 0.6 is 0 Å². The summed E-state index contributed by atoms with van der Waals surface area (Å²) in [7, 11) is 0. The number of benzene rings is 1. The van der Waals surface area contributed by atoms with Crippen LogP contribution in [-0.2, 0) is 6.42 Å². The SMILES string of the molecule is CCc1cc(C(=O)O)cc(Nc2ccc3c(c2)OCO3)n1. The Morgan fingerprint density at radius 2 is 2.10 bits per heavy atom. The van der Waals surface area contributed by atoms with Gasteiger partial charge in [0, 0.05) is 17.4 Å². The number of aromatic nitrogens is 1. The molecule has 108 valence electrons. The second-order valence-electron chi connectivity index (χ2n) is 4.58. The number of pyridine rings is 1. The fourth-order valence-electron chi connectivity index (χ4n) is 2.08. The summed E-state index contributed by atoms with van der Waals surface area (Å²) in [6, 6.07) is 8.50. The molecule has 0 atom stereocenters. The van der Waals surface area contributed by atoms with E-state index < -0.39 is 5.97 Å². The van der Waals surface area contributed by atoms with Crippen molar-refractivity contribution in [2.45, 2.75) is 13.3 Å². The Bertz CT molecular complexity index is 700. The number of rotatable bonds is 4. The number of carboxylic acid groups (broad SMARTS) is 1. The molecule has 1 aromatic heterocycles. The van der Waals surface area contributed by atoms with Crippen LogP contribution in [0.3, 0.4) is 0 Å². The topological polar surface area (TPSA) is 80.7 Å². The van der Waals surface area contributed by atoms with Crippen molar-refractivity contribution in [3.8, 4) is 11.5 Å². The van der Waals surface area contributed by atoms with Gasteiger partial charge < -0.3 is 19.9 Å². The van der Waals surface area contributed by atoms with Crippen LogP contribution in [0.2, 0.25) is 0 Å². The van der Waals surface area contributed by atoms with Crippen LogP contribution in [0.15, 0.2) is 30.3 Å². The van der Waals surface area contributed by atoms with Gasteiger partial charge in [0.2, 0.25) is 6.79 Å². The second kappa shape index (κ2) is 5.32. The van der Waals surface area contributed by atoms with Crippen molar-refractivity contribution in [2.75, 3.05) is 12.1 Å². The highest BCUT2D eigenvalue weighted by molar-refractivity contribution is 5.88. The molecule has 0 radical (unpaired) electrons. The largest absolute Gasteiger partial charge is 0.478 e. The van der Waals surface area contributed by atoms with E-state index in [1.54, 1.807) is 18.2 Å². The van der Waals surface area contributed by atoms with E-state index in [-0.39, 0.29) is 12.4 Å². The number of ether oxygens (including phenoxy) is 2. The van der Waals surface area contributed by atoms with E-state index in [4.69, 9.17) is 14.6 Å². The highest BCUT2D eigenvalue weighted by Gasteiger charge is 2.14. The minimum Gasteiger partial charge on any atom is -0.478 e. The number of aryl methyl sites for hydroxylation is 1. The van der Waals surface area contributed by atoms with Crippen LogP contribution in [-0.4, -0.2) is 22.9 Å². The van der Waals surface area contributed by atoms with E-state index in [2.05, 4.69) is 10.3 Å². The molecule has 6 heteroatoms. The zero-order valence-corrected chi connectivity index (χ0v) is 11.4. The van der Waals surface area contributed by atoms with Crippen molar-refractivity contribution in [3.63, 3.8) is 0 Å². The number of hydrogen-bond acceptors (Lipinski definition) is 5. The number of carboxylic acids is 1. The van der Waals surface area contributed by atoms with Gasteiger partial charge in [-0.2, -0.15) is 0 Å². The molecule has 3 rings (SSSR count). The molecule has 2 aromatic rings. The Balaban J connectivity index is 1.90. The maximum atomic E-state index is 11.1. The van der Waals surface area contributed by atoms with Gasteiger partial charge in [-0.25, -0.2) is 9.78 Å². The van der Waals surface area contributed by atoms with Gasteiger partial charge in [0.1, 0.15) is 5.82 Å². The van der Waals surface area contributed by atoms with Gasteiger partial charge in [0.05, 0.1) is 5.56 Å². The first-order valence-corrected chi connectivity index (χ1v) is 6.56. The molecule has 1 aromatic carbocycles. The maximum absolute atomic E-state index is 11.1. The number of hydrogen-bond donors (Lipinski definition) is 2.